The predicted molar refractivity (Wildman–Crippen MR) is 78.6 cm³/mol. The normalized spacial score (nSPS) is 12.3. The van der Waals surface area contributed by atoms with E-state index < -0.39 is 18.2 Å². The van der Waals surface area contributed by atoms with E-state index in [9.17, 15) is 22.8 Å². The third-order valence-electron chi connectivity index (χ3n) is 2.77. The molecule has 8 heteroatoms. The number of halogens is 3. The van der Waals surface area contributed by atoms with Crippen molar-refractivity contribution in [2.75, 3.05) is 11.9 Å². The number of anilines is 1. The van der Waals surface area contributed by atoms with E-state index in [0.29, 0.717) is 5.56 Å². The molecule has 126 valence electrons. The van der Waals surface area contributed by atoms with Gasteiger partial charge < -0.3 is 15.4 Å². The topological polar surface area (TPSA) is 67.4 Å². The Labute approximate surface area is 131 Å². The number of benzene rings is 1. The maximum absolute atomic E-state index is 12.1. The number of rotatable bonds is 7. The molecule has 2 N–H and O–H groups in total. The molecule has 1 atom stereocenters. The van der Waals surface area contributed by atoms with Crippen LogP contribution in [0, 0.1) is 0 Å². The van der Waals surface area contributed by atoms with Crippen LogP contribution >= 0.6 is 0 Å². The summed E-state index contributed by atoms with van der Waals surface area (Å²) in [6.07, 6.45) is -4.05. The summed E-state index contributed by atoms with van der Waals surface area (Å²) in [5, 5.41) is 4.36. The third-order valence-corrected chi connectivity index (χ3v) is 2.77. The first-order chi connectivity index (χ1) is 10.7. The minimum atomic E-state index is -4.94. The monoisotopic (exact) mass is 330 g/mol. The number of carbonyl (C=O) groups is 2. The van der Waals surface area contributed by atoms with Gasteiger partial charge in [0.25, 0.3) is 0 Å². The lowest BCUT2D eigenvalue weighted by Gasteiger charge is -2.12. The van der Waals surface area contributed by atoms with Gasteiger partial charge in [0, 0.05) is 12.2 Å². The minimum absolute atomic E-state index is 0.0186. The Morgan fingerprint density at radius 2 is 1.91 bits per heavy atom. The van der Waals surface area contributed by atoms with Crippen LogP contribution in [0.2, 0.25) is 0 Å². The molecule has 0 aromatic heterocycles. The van der Waals surface area contributed by atoms with Gasteiger partial charge in [-0.05, 0) is 24.6 Å². The summed E-state index contributed by atoms with van der Waals surface area (Å²) in [5.41, 5.74) is 0.685. The molecule has 0 saturated heterocycles. The molecule has 1 aromatic rings. The van der Waals surface area contributed by atoms with Gasteiger partial charge in [-0.2, -0.15) is 13.2 Å². The molecule has 0 fully saturated rings. The van der Waals surface area contributed by atoms with Crippen molar-refractivity contribution in [1.29, 1.82) is 0 Å². The molecule has 1 aromatic carbocycles. The molecule has 0 radical (unpaired) electrons. The van der Waals surface area contributed by atoms with Crippen molar-refractivity contribution in [3.63, 3.8) is 0 Å². The van der Waals surface area contributed by atoms with Crippen molar-refractivity contribution in [1.82, 2.24) is 5.32 Å². The number of ether oxygens (including phenoxy) is 1. The van der Waals surface area contributed by atoms with Crippen molar-refractivity contribution in [3.8, 4) is 0 Å². The first kappa shape index (κ1) is 18.7. The zero-order valence-corrected chi connectivity index (χ0v) is 12.4. The van der Waals surface area contributed by atoms with Crippen molar-refractivity contribution in [2.24, 2.45) is 0 Å². The summed E-state index contributed by atoms with van der Waals surface area (Å²) in [5.74, 6) is -2.35. The number of alkyl halides is 3. The highest BCUT2D eigenvalue weighted by atomic mass is 19.4. The fourth-order valence-corrected chi connectivity index (χ4v) is 1.53. The average Bonchev–Trinajstić information content (AvgIpc) is 2.50. The molecule has 0 aliphatic carbocycles. The van der Waals surface area contributed by atoms with Crippen LogP contribution in [0.15, 0.2) is 36.9 Å². The molecule has 0 spiro atoms. The van der Waals surface area contributed by atoms with E-state index in [1.807, 2.05) is 0 Å². The lowest BCUT2D eigenvalue weighted by Crippen LogP contribution is -2.34. The maximum atomic E-state index is 12.1. The van der Waals surface area contributed by atoms with E-state index in [4.69, 9.17) is 4.74 Å². The quantitative estimate of drug-likeness (QED) is 0.755. The van der Waals surface area contributed by atoms with Crippen LogP contribution < -0.4 is 10.6 Å². The summed E-state index contributed by atoms with van der Waals surface area (Å²) in [6, 6.07) is 5.65. The minimum Gasteiger partial charge on any atom is -0.365 e. The Morgan fingerprint density at radius 1 is 1.30 bits per heavy atom. The van der Waals surface area contributed by atoms with Gasteiger partial charge in [-0.25, -0.2) is 0 Å². The first-order valence-electron chi connectivity index (χ1n) is 6.71. The van der Waals surface area contributed by atoms with Gasteiger partial charge in [0.05, 0.1) is 6.61 Å². The molecule has 1 rings (SSSR count). The zero-order chi connectivity index (χ0) is 17.5. The highest BCUT2D eigenvalue weighted by Gasteiger charge is 2.38. The van der Waals surface area contributed by atoms with Crippen LogP contribution in [0.1, 0.15) is 12.5 Å². The number of amides is 2. The highest BCUT2D eigenvalue weighted by molar-refractivity contribution is 5.94. The molecule has 0 aliphatic heterocycles. The van der Waals surface area contributed by atoms with Crippen LogP contribution in [0.5, 0.6) is 0 Å². The van der Waals surface area contributed by atoms with Gasteiger partial charge in [-0.15, -0.1) is 6.58 Å². The second-order valence-corrected chi connectivity index (χ2v) is 4.63. The molecule has 0 heterocycles. The van der Waals surface area contributed by atoms with Gasteiger partial charge in [0.2, 0.25) is 5.91 Å². The smallest absolute Gasteiger partial charge is 0.365 e. The van der Waals surface area contributed by atoms with Crippen LogP contribution in [0.4, 0.5) is 18.9 Å². The van der Waals surface area contributed by atoms with E-state index >= 15 is 0 Å². The number of nitrogens with one attached hydrogen (secondary N) is 2. The fourth-order valence-electron chi connectivity index (χ4n) is 1.53. The van der Waals surface area contributed by atoms with Gasteiger partial charge in [-0.3, -0.25) is 9.59 Å². The van der Waals surface area contributed by atoms with E-state index in [1.54, 1.807) is 12.2 Å². The Balaban J connectivity index is 2.50. The second-order valence-electron chi connectivity index (χ2n) is 4.63. The Kier molecular flexibility index (Phi) is 6.77. The molecule has 0 bridgehead atoms. The van der Waals surface area contributed by atoms with E-state index in [-0.39, 0.29) is 24.7 Å². The van der Waals surface area contributed by atoms with Gasteiger partial charge >= 0.3 is 12.1 Å². The summed E-state index contributed by atoms with van der Waals surface area (Å²) in [6.45, 7) is 5.50. The van der Waals surface area contributed by atoms with Crippen molar-refractivity contribution < 1.29 is 27.5 Å². The molecular weight excluding hydrogens is 313 g/mol. The zero-order valence-electron chi connectivity index (χ0n) is 12.4. The molecule has 5 nitrogen and oxygen atoms in total. The largest absolute Gasteiger partial charge is 0.471 e. The van der Waals surface area contributed by atoms with Crippen LogP contribution in [0.3, 0.4) is 0 Å². The SMILES string of the molecule is C=CCO[C@@H](C)C(=O)NCc1ccc(NC(=O)C(F)(F)F)cc1. The van der Waals surface area contributed by atoms with Crippen molar-refractivity contribution in [2.45, 2.75) is 25.7 Å². The van der Waals surface area contributed by atoms with Gasteiger partial charge in [0.15, 0.2) is 0 Å². The Hall–Kier alpha value is -2.35. The number of carbonyl (C=O) groups excluding carboxylic acids is 2. The second kappa shape index (κ2) is 8.33. The van der Waals surface area contributed by atoms with Crippen LogP contribution in [-0.4, -0.2) is 30.7 Å². The maximum Gasteiger partial charge on any atom is 0.471 e. The molecular formula is C15H17F3N2O3. The molecule has 2 amide bonds. The fraction of sp³-hybridized carbons (Fsp3) is 0.333. The van der Waals surface area contributed by atoms with Gasteiger partial charge in [-0.1, -0.05) is 18.2 Å². The van der Waals surface area contributed by atoms with Crippen molar-refractivity contribution >= 4 is 17.5 Å². The summed E-state index contributed by atoms with van der Waals surface area (Å²) in [4.78, 5) is 22.5. The number of hydrogen-bond acceptors (Lipinski definition) is 3. The predicted octanol–water partition coefficient (Wildman–Crippen LogP) is 2.39. The average molecular weight is 330 g/mol. The summed E-state index contributed by atoms with van der Waals surface area (Å²) >= 11 is 0. The summed E-state index contributed by atoms with van der Waals surface area (Å²) in [7, 11) is 0. The summed E-state index contributed by atoms with van der Waals surface area (Å²) < 4.78 is 41.5. The lowest BCUT2D eigenvalue weighted by atomic mass is 10.2. The molecule has 0 unspecified atom stereocenters. The molecule has 23 heavy (non-hydrogen) atoms. The van der Waals surface area contributed by atoms with Crippen LogP contribution in [-0.2, 0) is 20.9 Å². The Bertz CT molecular complexity index is 556. The lowest BCUT2D eigenvalue weighted by molar-refractivity contribution is -0.167. The van der Waals surface area contributed by atoms with Crippen LogP contribution in [0.25, 0.3) is 0 Å². The highest BCUT2D eigenvalue weighted by Crippen LogP contribution is 2.18. The van der Waals surface area contributed by atoms with Crippen molar-refractivity contribution in [3.05, 3.63) is 42.5 Å². The van der Waals surface area contributed by atoms with E-state index in [1.165, 1.54) is 30.3 Å². The molecule has 0 saturated carbocycles. The molecule has 0 aliphatic rings. The van der Waals surface area contributed by atoms with E-state index in [2.05, 4.69) is 11.9 Å². The standard InChI is InChI=1S/C15H17F3N2O3/c1-3-8-23-10(2)13(21)19-9-11-4-6-12(7-5-11)20-14(22)15(16,17)18/h3-7,10H,1,8-9H2,2H3,(H,19,21)(H,20,22)/t10-/m0/s1. The number of hydrogen-bond donors (Lipinski definition) is 2. The first-order valence-corrected chi connectivity index (χ1v) is 6.71. The third kappa shape index (κ3) is 6.52. The van der Waals surface area contributed by atoms with Gasteiger partial charge in [0.1, 0.15) is 6.10 Å². The van der Waals surface area contributed by atoms with E-state index in [0.717, 1.165) is 0 Å². The Morgan fingerprint density at radius 3 is 2.43 bits per heavy atom.